The molecule has 2 aromatic carbocycles. The molecule has 0 saturated carbocycles. The number of H-pyrrole nitrogens is 1. The lowest BCUT2D eigenvalue weighted by Crippen LogP contribution is -2.22. The number of benzene rings is 2. The number of rotatable bonds is 5. The Morgan fingerprint density at radius 2 is 1.92 bits per heavy atom. The first-order chi connectivity index (χ1) is 12.2. The van der Waals surface area contributed by atoms with Crippen molar-refractivity contribution in [2.75, 3.05) is 6.54 Å². The van der Waals surface area contributed by atoms with Gasteiger partial charge in [0.25, 0.3) is 0 Å². The van der Waals surface area contributed by atoms with Crippen molar-refractivity contribution in [3.63, 3.8) is 0 Å². The third-order valence-corrected chi connectivity index (χ3v) is 4.82. The van der Waals surface area contributed by atoms with Gasteiger partial charge in [-0.1, -0.05) is 36.8 Å². The summed E-state index contributed by atoms with van der Waals surface area (Å²) in [5.74, 6) is 0. The summed E-state index contributed by atoms with van der Waals surface area (Å²) >= 11 is 0. The molecule has 0 amide bonds. The zero-order chi connectivity index (χ0) is 17.2. The Labute approximate surface area is 148 Å². The van der Waals surface area contributed by atoms with Crippen LogP contribution in [0.15, 0.2) is 60.9 Å². The molecule has 0 aliphatic rings. The fourth-order valence-electron chi connectivity index (χ4n) is 3.40. The van der Waals surface area contributed by atoms with Crippen LogP contribution in [-0.4, -0.2) is 21.4 Å². The van der Waals surface area contributed by atoms with Crippen LogP contribution in [0.2, 0.25) is 0 Å². The molecule has 3 nitrogen and oxygen atoms in total. The molecule has 2 heterocycles. The number of fused-ring (bicyclic) bond motifs is 2. The van der Waals surface area contributed by atoms with Gasteiger partial charge in [0.1, 0.15) is 0 Å². The van der Waals surface area contributed by atoms with Gasteiger partial charge in [-0.2, -0.15) is 0 Å². The number of hydrogen-bond acceptors (Lipinski definition) is 2. The van der Waals surface area contributed by atoms with Gasteiger partial charge in [0.15, 0.2) is 0 Å². The summed E-state index contributed by atoms with van der Waals surface area (Å²) < 4.78 is 0. The molecule has 4 aromatic rings. The van der Waals surface area contributed by atoms with E-state index in [0.717, 1.165) is 25.2 Å². The molecule has 0 saturated heterocycles. The monoisotopic (exact) mass is 329 g/mol. The average molecular weight is 329 g/mol. The lowest BCUT2D eigenvalue weighted by atomic mass is 10.1. The van der Waals surface area contributed by atoms with Crippen molar-refractivity contribution in [3.05, 3.63) is 77.6 Å². The Morgan fingerprint density at radius 1 is 1.04 bits per heavy atom. The SMILES string of the molecule is CCN(Cc1cnc2ccccc2c1)Cc1c[nH]c2ccc(C)cc12. The number of aromatic amines is 1. The molecule has 25 heavy (non-hydrogen) atoms. The maximum atomic E-state index is 4.59. The summed E-state index contributed by atoms with van der Waals surface area (Å²) in [5, 5.41) is 2.54. The first-order valence-corrected chi connectivity index (χ1v) is 8.85. The predicted octanol–water partition coefficient (Wildman–Crippen LogP) is 5.05. The van der Waals surface area contributed by atoms with Crippen LogP contribution < -0.4 is 0 Å². The highest BCUT2D eigenvalue weighted by Gasteiger charge is 2.10. The van der Waals surface area contributed by atoms with Crippen LogP contribution in [0.5, 0.6) is 0 Å². The van der Waals surface area contributed by atoms with E-state index in [1.165, 1.54) is 33.0 Å². The fraction of sp³-hybridized carbons (Fsp3) is 0.227. The van der Waals surface area contributed by atoms with Crippen molar-refractivity contribution in [2.24, 2.45) is 0 Å². The molecule has 0 unspecified atom stereocenters. The molecule has 0 radical (unpaired) electrons. The third-order valence-electron chi connectivity index (χ3n) is 4.82. The average Bonchev–Trinajstić information content (AvgIpc) is 3.03. The minimum Gasteiger partial charge on any atom is -0.361 e. The molecule has 0 fully saturated rings. The predicted molar refractivity (Wildman–Crippen MR) is 105 cm³/mol. The maximum absolute atomic E-state index is 4.59. The second-order valence-corrected chi connectivity index (χ2v) is 6.70. The Hall–Kier alpha value is -2.65. The van der Waals surface area contributed by atoms with Gasteiger partial charge < -0.3 is 4.98 Å². The Kier molecular flexibility index (Phi) is 4.24. The standard InChI is InChI=1S/C22H23N3/c1-3-25(14-17-11-18-6-4-5-7-21(18)23-12-17)15-19-13-24-22-9-8-16(2)10-20(19)22/h4-13,24H,3,14-15H2,1-2H3. The summed E-state index contributed by atoms with van der Waals surface area (Å²) in [4.78, 5) is 10.4. The van der Waals surface area contributed by atoms with Gasteiger partial charge in [-0.3, -0.25) is 9.88 Å². The van der Waals surface area contributed by atoms with Crippen molar-refractivity contribution in [1.82, 2.24) is 14.9 Å². The van der Waals surface area contributed by atoms with E-state index < -0.39 is 0 Å². The Morgan fingerprint density at radius 3 is 2.80 bits per heavy atom. The summed E-state index contributed by atoms with van der Waals surface area (Å²) in [7, 11) is 0. The van der Waals surface area contributed by atoms with E-state index in [1.807, 2.05) is 12.3 Å². The molecule has 0 aliphatic carbocycles. The van der Waals surface area contributed by atoms with E-state index in [1.54, 1.807) is 0 Å². The number of aryl methyl sites for hydroxylation is 1. The highest BCUT2D eigenvalue weighted by atomic mass is 15.1. The van der Waals surface area contributed by atoms with Crippen LogP contribution in [0.25, 0.3) is 21.8 Å². The van der Waals surface area contributed by atoms with E-state index in [-0.39, 0.29) is 0 Å². The zero-order valence-corrected chi connectivity index (χ0v) is 14.8. The largest absolute Gasteiger partial charge is 0.361 e. The lowest BCUT2D eigenvalue weighted by molar-refractivity contribution is 0.272. The van der Waals surface area contributed by atoms with Crippen LogP contribution in [-0.2, 0) is 13.1 Å². The molecule has 1 N–H and O–H groups in total. The van der Waals surface area contributed by atoms with E-state index in [9.17, 15) is 0 Å². The third kappa shape index (κ3) is 3.28. The number of para-hydroxylation sites is 1. The second-order valence-electron chi connectivity index (χ2n) is 6.70. The Bertz CT molecular complexity index is 1020. The number of pyridine rings is 1. The lowest BCUT2D eigenvalue weighted by Gasteiger charge is -2.20. The van der Waals surface area contributed by atoms with Gasteiger partial charge >= 0.3 is 0 Å². The minimum absolute atomic E-state index is 0.910. The molecule has 4 rings (SSSR count). The highest BCUT2D eigenvalue weighted by molar-refractivity contribution is 5.83. The maximum Gasteiger partial charge on any atom is 0.0702 e. The van der Waals surface area contributed by atoms with Crippen LogP contribution >= 0.6 is 0 Å². The minimum atomic E-state index is 0.910. The van der Waals surface area contributed by atoms with Crippen LogP contribution in [0.3, 0.4) is 0 Å². The molecule has 0 spiro atoms. The van der Waals surface area contributed by atoms with Gasteiger partial charge in [-0.05, 0) is 48.9 Å². The van der Waals surface area contributed by atoms with Crippen molar-refractivity contribution >= 4 is 21.8 Å². The van der Waals surface area contributed by atoms with Crippen LogP contribution in [0, 0.1) is 6.92 Å². The molecule has 3 heteroatoms. The van der Waals surface area contributed by atoms with Gasteiger partial charge in [-0.15, -0.1) is 0 Å². The molecule has 0 aliphatic heterocycles. The van der Waals surface area contributed by atoms with Crippen molar-refractivity contribution in [2.45, 2.75) is 26.9 Å². The topological polar surface area (TPSA) is 31.9 Å². The van der Waals surface area contributed by atoms with Crippen molar-refractivity contribution in [3.8, 4) is 0 Å². The van der Waals surface area contributed by atoms with E-state index >= 15 is 0 Å². The normalized spacial score (nSPS) is 11.6. The number of hydrogen-bond donors (Lipinski definition) is 1. The Balaban J connectivity index is 1.57. The quantitative estimate of drug-likeness (QED) is 0.556. The molecule has 126 valence electrons. The fourth-order valence-corrected chi connectivity index (χ4v) is 3.40. The number of nitrogens with one attached hydrogen (secondary N) is 1. The molecule has 0 bridgehead atoms. The highest BCUT2D eigenvalue weighted by Crippen LogP contribution is 2.22. The van der Waals surface area contributed by atoms with Gasteiger partial charge in [0, 0.05) is 41.8 Å². The van der Waals surface area contributed by atoms with E-state index in [2.05, 4.69) is 77.4 Å². The molecular weight excluding hydrogens is 306 g/mol. The van der Waals surface area contributed by atoms with E-state index in [4.69, 9.17) is 0 Å². The molecule has 2 aromatic heterocycles. The number of nitrogens with zero attached hydrogens (tertiary/aromatic N) is 2. The summed E-state index contributed by atoms with van der Waals surface area (Å²) in [6, 6.07) is 17.1. The van der Waals surface area contributed by atoms with Crippen molar-refractivity contribution in [1.29, 1.82) is 0 Å². The van der Waals surface area contributed by atoms with Gasteiger partial charge in [0.05, 0.1) is 5.52 Å². The summed E-state index contributed by atoms with van der Waals surface area (Å²) in [5.41, 5.74) is 6.19. The second kappa shape index (κ2) is 6.69. The molecular formula is C22H23N3. The molecule has 0 atom stereocenters. The summed E-state index contributed by atoms with van der Waals surface area (Å²) in [6.45, 7) is 7.22. The first-order valence-electron chi connectivity index (χ1n) is 8.85. The summed E-state index contributed by atoms with van der Waals surface area (Å²) in [6.07, 6.45) is 4.15. The van der Waals surface area contributed by atoms with Gasteiger partial charge in [-0.25, -0.2) is 0 Å². The number of aromatic nitrogens is 2. The van der Waals surface area contributed by atoms with Crippen molar-refractivity contribution < 1.29 is 0 Å². The van der Waals surface area contributed by atoms with E-state index in [0.29, 0.717) is 0 Å². The smallest absolute Gasteiger partial charge is 0.0702 e. The first kappa shape index (κ1) is 15.9. The van der Waals surface area contributed by atoms with Crippen LogP contribution in [0.4, 0.5) is 0 Å². The van der Waals surface area contributed by atoms with Gasteiger partial charge in [0.2, 0.25) is 0 Å². The van der Waals surface area contributed by atoms with Crippen LogP contribution in [0.1, 0.15) is 23.6 Å². The zero-order valence-electron chi connectivity index (χ0n) is 14.8.